The summed E-state index contributed by atoms with van der Waals surface area (Å²) in [6.07, 6.45) is 2.43. The van der Waals surface area contributed by atoms with Gasteiger partial charge in [0.2, 0.25) is 0 Å². The van der Waals surface area contributed by atoms with Gasteiger partial charge in [0.1, 0.15) is 15.0 Å². The molecule has 0 N–H and O–H groups in total. The first-order valence-corrected chi connectivity index (χ1v) is 4.96. The number of aldehydes is 1. The largest absolute Gasteiger partial charge is 0.296 e. The summed E-state index contributed by atoms with van der Waals surface area (Å²) in [5.74, 6) is 0. The molecule has 0 atom stereocenters. The van der Waals surface area contributed by atoms with Crippen LogP contribution in [0.3, 0.4) is 0 Å². The lowest BCUT2D eigenvalue weighted by molar-refractivity contribution is 0.111. The molecule has 2 aromatic heterocycles. The first kappa shape index (κ1) is 8.96. The van der Waals surface area contributed by atoms with E-state index in [2.05, 4.69) is 27.6 Å². The Morgan fingerprint density at radius 2 is 2.31 bits per heavy atom. The number of carbonyl (C=O) groups is 1. The Hall–Kier alpha value is -0.620. The Bertz CT molecular complexity index is 480. The van der Waals surface area contributed by atoms with Crippen LogP contribution in [0.4, 0.5) is 0 Å². The molecule has 0 saturated carbocycles. The van der Waals surface area contributed by atoms with E-state index in [1.165, 1.54) is 0 Å². The quantitative estimate of drug-likeness (QED) is 0.599. The second-order valence-electron chi connectivity index (χ2n) is 2.46. The predicted molar refractivity (Wildman–Crippen MR) is 58.3 cm³/mol. The van der Waals surface area contributed by atoms with Crippen LogP contribution >= 0.6 is 34.2 Å². The Morgan fingerprint density at radius 1 is 1.54 bits per heavy atom. The molecule has 2 aromatic rings. The molecular weight excluding hydrogens is 302 g/mol. The van der Waals surface area contributed by atoms with Crippen LogP contribution in [0.1, 0.15) is 10.5 Å². The summed E-state index contributed by atoms with van der Waals surface area (Å²) in [5.41, 5.74) is 1.18. The van der Waals surface area contributed by atoms with Crippen molar-refractivity contribution < 1.29 is 4.79 Å². The summed E-state index contributed by atoms with van der Waals surface area (Å²) in [5, 5.41) is 0.443. The van der Waals surface area contributed by atoms with E-state index < -0.39 is 0 Å². The van der Waals surface area contributed by atoms with E-state index in [9.17, 15) is 4.79 Å². The smallest absolute Gasteiger partial charge is 0.168 e. The highest BCUT2D eigenvalue weighted by atomic mass is 127. The molecule has 0 fully saturated rings. The molecule has 3 nitrogen and oxygen atoms in total. The molecule has 0 aliphatic rings. The third-order valence-electron chi connectivity index (χ3n) is 1.72. The third-order valence-corrected chi connectivity index (χ3v) is 2.80. The molecule has 0 spiro atoms. The van der Waals surface area contributed by atoms with Crippen LogP contribution in [-0.2, 0) is 0 Å². The number of fused-ring (bicyclic) bond motifs is 1. The zero-order chi connectivity index (χ0) is 9.42. The molecule has 66 valence electrons. The minimum atomic E-state index is 0.443. The van der Waals surface area contributed by atoms with E-state index in [0.717, 1.165) is 15.6 Å². The Labute approximate surface area is 92.9 Å². The van der Waals surface area contributed by atoms with Crippen molar-refractivity contribution in [2.75, 3.05) is 0 Å². The lowest BCUT2D eigenvalue weighted by atomic mass is 10.3. The van der Waals surface area contributed by atoms with Crippen molar-refractivity contribution in [3.05, 3.63) is 32.7 Å². The Kier molecular flexibility index (Phi) is 2.25. The summed E-state index contributed by atoms with van der Waals surface area (Å²) in [6.45, 7) is 0. The highest BCUT2D eigenvalue weighted by Gasteiger charge is 2.08. The summed E-state index contributed by atoms with van der Waals surface area (Å²) in [4.78, 5) is 14.9. The highest BCUT2D eigenvalue weighted by molar-refractivity contribution is 14.1. The number of nitrogens with zero attached hydrogens (tertiary/aromatic N) is 2. The Balaban J connectivity index is 2.96. The van der Waals surface area contributed by atoms with Gasteiger partial charge in [0.25, 0.3) is 0 Å². The van der Waals surface area contributed by atoms with Crippen molar-refractivity contribution in [2.45, 2.75) is 0 Å². The van der Waals surface area contributed by atoms with E-state index in [1.807, 2.05) is 0 Å². The van der Waals surface area contributed by atoms with E-state index in [0.29, 0.717) is 10.7 Å². The fraction of sp³-hybridized carbons (Fsp3) is 0. The number of hydrogen-bond acceptors (Lipinski definition) is 2. The maximum atomic E-state index is 10.8. The molecule has 13 heavy (non-hydrogen) atoms. The van der Waals surface area contributed by atoms with E-state index in [1.54, 1.807) is 22.7 Å². The lowest BCUT2D eigenvalue weighted by Gasteiger charge is -2.01. The number of carbonyl (C=O) groups excluding carboxylic acids is 1. The lowest BCUT2D eigenvalue weighted by Crippen LogP contribution is -1.97. The normalized spacial score (nSPS) is 10.6. The standard InChI is InChI=1S/C8H4ClIN2O/c9-5-1-2-8-11-3-7(10)12(8)6(5)4-13/h1-4H. The van der Waals surface area contributed by atoms with Gasteiger partial charge in [-0.3, -0.25) is 9.20 Å². The molecule has 0 aliphatic heterocycles. The molecule has 0 bridgehead atoms. The van der Waals surface area contributed by atoms with E-state index in [4.69, 9.17) is 11.6 Å². The molecule has 2 heterocycles. The minimum Gasteiger partial charge on any atom is -0.296 e. The van der Waals surface area contributed by atoms with Gasteiger partial charge in [-0.2, -0.15) is 0 Å². The van der Waals surface area contributed by atoms with Crippen LogP contribution in [0.2, 0.25) is 5.02 Å². The Morgan fingerprint density at radius 3 is 3.00 bits per heavy atom. The van der Waals surface area contributed by atoms with Crippen LogP contribution in [0.15, 0.2) is 18.3 Å². The van der Waals surface area contributed by atoms with Gasteiger partial charge in [0.05, 0.1) is 11.2 Å². The van der Waals surface area contributed by atoms with E-state index in [-0.39, 0.29) is 0 Å². The third kappa shape index (κ3) is 1.34. The maximum absolute atomic E-state index is 10.8. The number of aromatic nitrogens is 2. The van der Waals surface area contributed by atoms with Gasteiger partial charge in [0, 0.05) is 0 Å². The average Bonchev–Trinajstić information content (AvgIpc) is 2.49. The van der Waals surface area contributed by atoms with Crippen molar-refractivity contribution in [3.8, 4) is 0 Å². The zero-order valence-electron chi connectivity index (χ0n) is 6.37. The monoisotopic (exact) mass is 306 g/mol. The van der Waals surface area contributed by atoms with Crippen LogP contribution < -0.4 is 0 Å². The minimum absolute atomic E-state index is 0.443. The van der Waals surface area contributed by atoms with Gasteiger partial charge in [-0.1, -0.05) is 11.6 Å². The average molecular weight is 306 g/mol. The second kappa shape index (κ2) is 3.26. The second-order valence-corrected chi connectivity index (χ2v) is 3.97. The molecule has 2 rings (SSSR count). The van der Waals surface area contributed by atoms with Crippen molar-refractivity contribution in [3.63, 3.8) is 0 Å². The van der Waals surface area contributed by atoms with Crippen molar-refractivity contribution in [1.82, 2.24) is 9.38 Å². The molecule has 0 radical (unpaired) electrons. The molecule has 5 heteroatoms. The van der Waals surface area contributed by atoms with Crippen LogP contribution in [0.25, 0.3) is 5.65 Å². The zero-order valence-corrected chi connectivity index (χ0v) is 9.28. The molecule has 0 aliphatic carbocycles. The number of imidazole rings is 1. The molecule has 0 saturated heterocycles. The summed E-state index contributed by atoms with van der Waals surface area (Å²) < 4.78 is 2.59. The van der Waals surface area contributed by atoms with Gasteiger partial charge < -0.3 is 0 Å². The number of halogens is 2. The van der Waals surface area contributed by atoms with Crippen LogP contribution in [-0.4, -0.2) is 15.7 Å². The van der Waals surface area contributed by atoms with Crippen LogP contribution in [0, 0.1) is 3.70 Å². The SMILES string of the molecule is O=Cc1c(Cl)ccc2ncc(I)n12. The van der Waals surface area contributed by atoms with Gasteiger partial charge in [-0.25, -0.2) is 4.98 Å². The molecular formula is C8H4ClIN2O. The number of rotatable bonds is 1. The van der Waals surface area contributed by atoms with Crippen molar-refractivity contribution in [1.29, 1.82) is 0 Å². The molecule has 0 unspecified atom stereocenters. The topological polar surface area (TPSA) is 34.4 Å². The summed E-state index contributed by atoms with van der Waals surface area (Å²) in [6, 6.07) is 3.45. The fourth-order valence-corrected chi connectivity index (χ4v) is 1.99. The number of pyridine rings is 1. The van der Waals surface area contributed by atoms with Gasteiger partial charge in [-0.15, -0.1) is 0 Å². The van der Waals surface area contributed by atoms with Gasteiger partial charge >= 0.3 is 0 Å². The predicted octanol–water partition coefficient (Wildman–Crippen LogP) is 2.40. The highest BCUT2D eigenvalue weighted by Crippen LogP contribution is 2.18. The first-order chi connectivity index (χ1) is 6.24. The fourth-order valence-electron chi connectivity index (χ4n) is 1.15. The summed E-state index contributed by atoms with van der Waals surface area (Å²) in [7, 11) is 0. The van der Waals surface area contributed by atoms with Crippen molar-refractivity contribution in [2.24, 2.45) is 0 Å². The first-order valence-electron chi connectivity index (χ1n) is 3.50. The summed E-state index contributed by atoms with van der Waals surface area (Å²) >= 11 is 7.95. The molecule has 0 aromatic carbocycles. The van der Waals surface area contributed by atoms with Gasteiger partial charge in [0.15, 0.2) is 6.29 Å². The van der Waals surface area contributed by atoms with Crippen LogP contribution in [0.5, 0.6) is 0 Å². The van der Waals surface area contributed by atoms with Gasteiger partial charge in [-0.05, 0) is 34.7 Å². The van der Waals surface area contributed by atoms with Crippen molar-refractivity contribution >= 4 is 46.1 Å². The number of hydrogen-bond donors (Lipinski definition) is 0. The maximum Gasteiger partial charge on any atom is 0.168 e. The van der Waals surface area contributed by atoms with E-state index >= 15 is 0 Å². The molecule has 0 amide bonds.